The molecule has 3 rings (SSSR count). The molecule has 120 valence electrons. The molecule has 0 aliphatic rings. The topological polar surface area (TPSA) is 38.3 Å². The smallest absolute Gasteiger partial charge is 0.228 e. The Morgan fingerprint density at radius 2 is 1.62 bits per heavy atom. The Morgan fingerprint density at radius 1 is 0.875 bits per heavy atom. The number of para-hydroxylation sites is 1. The molecule has 4 heteroatoms. The fourth-order valence-corrected chi connectivity index (χ4v) is 2.30. The van der Waals surface area contributed by atoms with Gasteiger partial charge in [-0.25, -0.2) is 4.39 Å². The van der Waals surface area contributed by atoms with Gasteiger partial charge in [0.25, 0.3) is 0 Å². The van der Waals surface area contributed by atoms with E-state index in [2.05, 4.69) is 5.32 Å². The van der Waals surface area contributed by atoms with Crippen molar-refractivity contribution in [2.75, 3.05) is 5.32 Å². The van der Waals surface area contributed by atoms with Gasteiger partial charge >= 0.3 is 0 Å². The Kier molecular flexibility index (Phi) is 4.87. The summed E-state index contributed by atoms with van der Waals surface area (Å²) in [5.74, 6) is 0.793. The molecule has 0 aliphatic heterocycles. The number of hydrogen-bond acceptors (Lipinski definition) is 2. The highest BCUT2D eigenvalue weighted by Crippen LogP contribution is 2.23. The lowest BCUT2D eigenvalue weighted by molar-refractivity contribution is -0.115. The first-order valence-corrected chi connectivity index (χ1v) is 7.56. The van der Waals surface area contributed by atoms with E-state index in [1.807, 2.05) is 36.4 Å². The van der Waals surface area contributed by atoms with Crippen LogP contribution in [0.5, 0.6) is 11.5 Å². The zero-order valence-corrected chi connectivity index (χ0v) is 12.9. The van der Waals surface area contributed by atoms with Crippen molar-refractivity contribution >= 4 is 11.6 Å². The van der Waals surface area contributed by atoms with E-state index in [0.717, 1.165) is 5.75 Å². The second-order valence-corrected chi connectivity index (χ2v) is 5.30. The maximum absolute atomic E-state index is 13.2. The molecule has 0 spiro atoms. The Labute approximate surface area is 139 Å². The summed E-state index contributed by atoms with van der Waals surface area (Å²) in [5, 5.41) is 2.79. The highest BCUT2D eigenvalue weighted by Gasteiger charge is 2.06. The summed E-state index contributed by atoms with van der Waals surface area (Å²) in [6, 6.07) is 22.6. The first-order valence-electron chi connectivity index (χ1n) is 7.56. The van der Waals surface area contributed by atoms with Crippen LogP contribution in [0.25, 0.3) is 0 Å². The molecule has 3 aromatic rings. The summed E-state index contributed by atoms with van der Waals surface area (Å²) in [7, 11) is 0. The highest BCUT2D eigenvalue weighted by atomic mass is 19.1. The van der Waals surface area contributed by atoms with Gasteiger partial charge in [0.05, 0.1) is 6.42 Å². The molecular formula is C20H16FNO2. The summed E-state index contributed by atoms with van der Waals surface area (Å²) in [6.07, 6.45) is 0.113. The minimum atomic E-state index is -0.349. The van der Waals surface area contributed by atoms with Crippen LogP contribution in [0.4, 0.5) is 10.1 Å². The molecule has 0 aromatic heterocycles. The molecule has 0 aliphatic carbocycles. The fraction of sp³-hybridized carbons (Fsp3) is 0.0500. The van der Waals surface area contributed by atoms with E-state index in [-0.39, 0.29) is 18.1 Å². The van der Waals surface area contributed by atoms with E-state index in [1.165, 1.54) is 12.1 Å². The maximum atomic E-state index is 13.2. The van der Waals surface area contributed by atoms with Gasteiger partial charge in [0.15, 0.2) is 0 Å². The lowest BCUT2D eigenvalue weighted by Crippen LogP contribution is -2.14. The first-order chi connectivity index (χ1) is 11.7. The van der Waals surface area contributed by atoms with Crippen molar-refractivity contribution in [2.45, 2.75) is 6.42 Å². The number of halogens is 1. The standard InChI is InChI=1S/C20H16FNO2/c21-16-7-4-6-15(12-16)13-20(23)22-17-8-5-11-19(14-17)24-18-9-2-1-3-10-18/h1-12,14H,13H2,(H,22,23). The molecule has 0 saturated carbocycles. The molecule has 0 saturated heterocycles. The van der Waals surface area contributed by atoms with Crippen molar-refractivity contribution in [3.63, 3.8) is 0 Å². The molecule has 0 atom stereocenters. The van der Waals surface area contributed by atoms with Gasteiger partial charge < -0.3 is 10.1 Å². The number of amides is 1. The summed E-state index contributed by atoms with van der Waals surface area (Å²) >= 11 is 0. The Morgan fingerprint density at radius 3 is 2.42 bits per heavy atom. The van der Waals surface area contributed by atoms with Crippen LogP contribution in [0.3, 0.4) is 0 Å². The van der Waals surface area contributed by atoms with Gasteiger partial charge in [-0.2, -0.15) is 0 Å². The molecule has 1 N–H and O–H groups in total. The minimum Gasteiger partial charge on any atom is -0.457 e. The van der Waals surface area contributed by atoms with Gasteiger partial charge in [-0.3, -0.25) is 4.79 Å². The summed E-state index contributed by atoms with van der Waals surface area (Å²) in [5.41, 5.74) is 1.26. The average Bonchev–Trinajstić information content (AvgIpc) is 2.56. The van der Waals surface area contributed by atoms with Crippen molar-refractivity contribution in [3.8, 4) is 11.5 Å². The van der Waals surface area contributed by atoms with Gasteiger partial charge in [-0.15, -0.1) is 0 Å². The number of nitrogens with one attached hydrogen (secondary N) is 1. The second kappa shape index (κ2) is 7.42. The van der Waals surface area contributed by atoms with Crippen LogP contribution in [0.2, 0.25) is 0 Å². The van der Waals surface area contributed by atoms with Crippen LogP contribution in [0.15, 0.2) is 78.9 Å². The normalized spacial score (nSPS) is 10.2. The summed E-state index contributed by atoms with van der Waals surface area (Å²) < 4.78 is 18.9. The Hall–Kier alpha value is -3.14. The molecule has 3 aromatic carbocycles. The number of benzene rings is 3. The van der Waals surface area contributed by atoms with E-state index >= 15 is 0 Å². The fourth-order valence-electron chi connectivity index (χ4n) is 2.30. The quantitative estimate of drug-likeness (QED) is 0.733. The number of rotatable bonds is 5. The summed E-state index contributed by atoms with van der Waals surface area (Å²) in [4.78, 5) is 12.1. The predicted octanol–water partition coefficient (Wildman–Crippen LogP) is 4.80. The van der Waals surface area contributed by atoms with Crippen molar-refractivity contribution < 1.29 is 13.9 Å². The van der Waals surface area contributed by atoms with Crippen LogP contribution >= 0.6 is 0 Å². The predicted molar refractivity (Wildman–Crippen MR) is 91.7 cm³/mol. The molecule has 1 amide bonds. The zero-order valence-electron chi connectivity index (χ0n) is 12.9. The molecule has 0 radical (unpaired) electrons. The van der Waals surface area contributed by atoms with Crippen LogP contribution in [-0.4, -0.2) is 5.91 Å². The van der Waals surface area contributed by atoms with Gasteiger partial charge in [0.2, 0.25) is 5.91 Å². The van der Waals surface area contributed by atoms with E-state index in [4.69, 9.17) is 4.74 Å². The molecule has 0 heterocycles. The average molecular weight is 321 g/mol. The monoisotopic (exact) mass is 321 g/mol. The lowest BCUT2D eigenvalue weighted by Gasteiger charge is -2.09. The Balaban J connectivity index is 1.65. The molecule has 0 fully saturated rings. The van der Waals surface area contributed by atoms with Crippen molar-refractivity contribution in [3.05, 3.63) is 90.2 Å². The number of anilines is 1. The third-order valence-corrected chi connectivity index (χ3v) is 3.35. The third kappa shape index (κ3) is 4.43. The lowest BCUT2D eigenvalue weighted by atomic mass is 10.1. The summed E-state index contributed by atoms with van der Waals surface area (Å²) in [6.45, 7) is 0. The largest absolute Gasteiger partial charge is 0.457 e. The maximum Gasteiger partial charge on any atom is 0.228 e. The van der Waals surface area contributed by atoms with Crippen LogP contribution in [0.1, 0.15) is 5.56 Å². The van der Waals surface area contributed by atoms with Crippen molar-refractivity contribution in [1.29, 1.82) is 0 Å². The van der Waals surface area contributed by atoms with Gasteiger partial charge in [-0.05, 0) is 42.0 Å². The minimum absolute atomic E-state index is 0.113. The molecule has 24 heavy (non-hydrogen) atoms. The Bertz CT molecular complexity index is 834. The van der Waals surface area contributed by atoms with Crippen LogP contribution in [-0.2, 0) is 11.2 Å². The van der Waals surface area contributed by atoms with Gasteiger partial charge in [0.1, 0.15) is 17.3 Å². The highest BCUT2D eigenvalue weighted by molar-refractivity contribution is 5.92. The van der Waals surface area contributed by atoms with Gasteiger partial charge in [-0.1, -0.05) is 36.4 Å². The van der Waals surface area contributed by atoms with E-state index in [9.17, 15) is 9.18 Å². The van der Waals surface area contributed by atoms with E-state index in [1.54, 1.807) is 30.3 Å². The molecular weight excluding hydrogens is 305 g/mol. The number of carbonyl (C=O) groups excluding carboxylic acids is 1. The first kappa shape index (κ1) is 15.7. The van der Waals surface area contributed by atoms with E-state index in [0.29, 0.717) is 17.0 Å². The van der Waals surface area contributed by atoms with Crippen molar-refractivity contribution in [2.24, 2.45) is 0 Å². The molecule has 3 nitrogen and oxygen atoms in total. The van der Waals surface area contributed by atoms with E-state index < -0.39 is 0 Å². The number of ether oxygens (including phenoxy) is 1. The van der Waals surface area contributed by atoms with Crippen molar-refractivity contribution in [1.82, 2.24) is 0 Å². The second-order valence-electron chi connectivity index (χ2n) is 5.30. The number of hydrogen-bond donors (Lipinski definition) is 1. The van der Waals surface area contributed by atoms with Gasteiger partial charge in [0, 0.05) is 11.8 Å². The molecule has 0 bridgehead atoms. The molecule has 0 unspecified atom stereocenters. The number of carbonyl (C=O) groups is 1. The van der Waals surface area contributed by atoms with Crippen LogP contribution in [0, 0.1) is 5.82 Å². The van der Waals surface area contributed by atoms with Crippen LogP contribution < -0.4 is 10.1 Å². The zero-order chi connectivity index (χ0) is 16.8. The third-order valence-electron chi connectivity index (χ3n) is 3.35. The SMILES string of the molecule is O=C(Cc1cccc(F)c1)Nc1cccc(Oc2ccccc2)c1.